The Kier molecular flexibility index (Phi) is 3.62. The SMILES string of the molecule is NCc1ccc(OCc2ncccn2)c(F)c1. The van der Waals surface area contributed by atoms with E-state index in [9.17, 15) is 4.39 Å². The minimum Gasteiger partial charge on any atom is -0.483 e. The van der Waals surface area contributed by atoms with Crippen LogP contribution in [0.5, 0.6) is 5.75 Å². The van der Waals surface area contributed by atoms with Crippen LogP contribution in [0.1, 0.15) is 11.4 Å². The highest BCUT2D eigenvalue weighted by molar-refractivity contribution is 5.29. The zero-order valence-corrected chi connectivity index (χ0v) is 9.14. The number of aromatic nitrogens is 2. The van der Waals surface area contributed by atoms with E-state index in [1.165, 1.54) is 6.07 Å². The summed E-state index contributed by atoms with van der Waals surface area (Å²) in [6.07, 6.45) is 3.22. The van der Waals surface area contributed by atoms with Crippen molar-refractivity contribution in [3.63, 3.8) is 0 Å². The summed E-state index contributed by atoms with van der Waals surface area (Å²) in [6.45, 7) is 0.443. The summed E-state index contributed by atoms with van der Waals surface area (Å²) in [4.78, 5) is 7.96. The molecule has 0 aliphatic carbocycles. The van der Waals surface area contributed by atoms with Gasteiger partial charge in [0.15, 0.2) is 17.4 Å². The van der Waals surface area contributed by atoms with E-state index in [0.29, 0.717) is 12.4 Å². The highest BCUT2D eigenvalue weighted by Crippen LogP contribution is 2.18. The minimum atomic E-state index is -0.427. The Morgan fingerprint density at radius 1 is 1.24 bits per heavy atom. The van der Waals surface area contributed by atoms with Crippen LogP contribution in [0.3, 0.4) is 0 Å². The first-order valence-electron chi connectivity index (χ1n) is 5.17. The summed E-state index contributed by atoms with van der Waals surface area (Å²) < 4.78 is 18.8. The molecule has 88 valence electrons. The number of hydrogen-bond acceptors (Lipinski definition) is 4. The lowest BCUT2D eigenvalue weighted by Gasteiger charge is -2.07. The Labute approximate surface area is 98.3 Å². The van der Waals surface area contributed by atoms with Gasteiger partial charge in [-0.2, -0.15) is 0 Å². The molecule has 2 N–H and O–H groups in total. The van der Waals surface area contributed by atoms with Gasteiger partial charge in [0, 0.05) is 18.9 Å². The Hall–Kier alpha value is -2.01. The third kappa shape index (κ3) is 2.98. The summed E-state index contributed by atoms with van der Waals surface area (Å²) in [7, 11) is 0. The van der Waals surface area contributed by atoms with Crippen molar-refractivity contribution >= 4 is 0 Å². The molecule has 0 unspecified atom stereocenters. The van der Waals surface area contributed by atoms with Crippen LogP contribution >= 0.6 is 0 Å². The molecule has 2 rings (SSSR count). The maximum atomic E-state index is 13.5. The first-order valence-corrected chi connectivity index (χ1v) is 5.17. The molecule has 5 heteroatoms. The van der Waals surface area contributed by atoms with Gasteiger partial charge in [-0.3, -0.25) is 0 Å². The summed E-state index contributed by atoms with van der Waals surface area (Å²) in [5.74, 6) is 0.258. The molecule has 0 fully saturated rings. The highest BCUT2D eigenvalue weighted by atomic mass is 19.1. The lowest BCUT2D eigenvalue weighted by atomic mass is 10.2. The van der Waals surface area contributed by atoms with Crippen LogP contribution in [0.25, 0.3) is 0 Å². The van der Waals surface area contributed by atoms with Crippen molar-refractivity contribution in [2.24, 2.45) is 5.73 Å². The normalized spacial score (nSPS) is 10.2. The van der Waals surface area contributed by atoms with Gasteiger partial charge in [0.2, 0.25) is 0 Å². The number of rotatable bonds is 4. The van der Waals surface area contributed by atoms with E-state index in [1.807, 2.05) is 0 Å². The van der Waals surface area contributed by atoms with Gasteiger partial charge in [0.1, 0.15) is 6.61 Å². The Morgan fingerprint density at radius 3 is 2.65 bits per heavy atom. The van der Waals surface area contributed by atoms with E-state index < -0.39 is 5.82 Å². The maximum absolute atomic E-state index is 13.5. The minimum absolute atomic E-state index is 0.139. The molecule has 0 spiro atoms. The van der Waals surface area contributed by atoms with E-state index in [-0.39, 0.29) is 12.4 Å². The average molecular weight is 233 g/mol. The average Bonchev–Trinajstić information content (AvgIpc) is 2.38. The molecule has 4 nitrogen and oxygen atoms in total. The second-order valence-electron chi connectivity index (χ2n) is 3.42. The van der Waals surface area contributed by atoms with Crippen LogP contribution in [0.15, 0.2) is 36.7 Å². The molecule has 0 aliphatic rings. The number of nitrogens with two attached hydrogens (primary N) is 1. The van der Waals surface area contributed by atoms with Crippen molar-refractivity contribution in [1.82, 2.24) is 9.97 Å². The van der Waals surface area contributed by atoms with Crippen molar-refractivity contribution in [3.05, 3.63) is 53.9 Å². The van der Waals surface area contributed by atoms with Crippen LogP contribution in [0.2, 0.25) is 0 Å². The van der Waals surface area contributed by atoms with Crippen molar-refractivity contribution in [3.8, 4) is 5.75 Å². The second-order valence-corrected chi connectivity index (χ2v) is 3.42. The fourth-order valence-corrected chi connectivity index (χ4v) is 1.34. The second kappa shape index (κ2) is 5.36. The van der Waals surface area contributed by atoms with E-state index in [2.05, 4.69) is 9.97 Å². The molecule has 2 aromatic rings. The molecule has 0 bridgehead atoms. The van der Waals surface area contributed by atoms with Gasteiger partial charge in [0.05, 0.1) is 0 Å². The Bertz CT molecular complexity index is 490. The molecular weight excluding hydrogens is 221 g/mol. The summed E-state index contributed by atoms with van der Waals surface area (Å²) in [5.41, 5.74) is 6.13. The van der Waals surface area contributed by atoms with E-state index in [1.54, 1.807) is 30.6 Å². The maximum Gasteiger partial charge on any atom is 0.166 e. The van der Waals surface area contributed by atoms with Gasteiger partial charge < -0.3 is 10.5 Å². The number of nitrogens with zero attached hydrogens (tertiary/aromatic N) is 2. The van der Waals surface area contributed by atoms with Gasteiger partial charge in [0.25, 0.3) is 0 Å². The number of halogens is 1. The highest BCUT2D eigenvalue weighted by Gasteiger charge is 2.05. The lowest BCUT2D eigenvalue weighted by Crippen LogP contribution is -2.03. The fraction of sp³-hybridized carbons (Fsp3) is 0.167. The first-order chi connectivity index (χ1) is 8.29. The molecule has 1 aromatic carbocycles. The van der Waals surface area contributed by atoms with E-state index >= 15 is 0 Å². The monoisotopic (exact) mass is 233 g/mol. The van der Waals surface area contributed by atoms with Crippen LogP contribution < -0.4 is 10.5 Å². The Balaban J connectivity index is 2.04. The van der Waals surface area contributed by atoms with Crippen LogP contribution in [0, 0.1) is 5.82 Å². The van der Waals surface area contributed by atoms with Gasteiger partial charge in [-0.05, 0) is 23.8 Å². The topological polar surface area (TPSA) is 61.0 Å². The summed E-state index contributed by atoms with van der Waals surface area (Å²) >= 11 is 0. The third-order valence-electron chi connectivity index (χ3n) is 2.21. The molecule has 0 radical (unpaired) electrons. The lowest BCUT2D eigenvalue weighted by molar-refractivity contribution is 0.281. The summed E-state index contributed by atoms with van der Waals surface area (Å²) in [5, 5.41) is 0. The first kappa shape index (κ1) is 11.5. The molecule has 0 saturated carbocycles. The molecule has 1 heterocycles. The summed E-state index contributed by atoms with van der Waals surface area (Å²) in [6, 6.07) is 6.35. The predicted molar refractivity (Wildman–Crippen MR) is 60.7 cm³/mol. The Morgan fingerprint density at radius 2 is 2.00 bits per heavy atom. The fourth-order valence-electron chi connectivity index (χ4n) is 1.34. The zero-order valence-electron chi connectivity index (χ0n) is 9.14. The third-order valence-corrected chi connectivity index (χ3v) is 2.21. The van der Waals surface area contributed by atoms with Crippen molar-refractivity contribution in [2.45, 2.75) is 13.2 Å². The van der Waals surface area contributed by atoms with Crippen molar-refractivity contribution in [2.75, 3.05) is 0 Å². The van der Waals surface area contributed by atoms with Crippen LogP contribution in [-0.4, -0.2) is 9.97 Å². The van der Waals surface area contributed by atoms with Crippen molar-refractivity contribution < 1.29 is 9.13 Å². The van der Waals surface area contributed by atoms with E-state index in [0.717, 1.165) is 5.56 Å². The van der Waals surface area contributed by atoms with E-state index in [4.69, 9.17) is 10.5 Å². The predicted octanol–water partition coefficient (Wildman–Crippen LogP) is 1.65. The molecular formula is C12H12FN3O. The molecule has 0 amide bonds. The van der Waals surface area contributed by atoms with Crippen molar-refractivity contribution in [1.29, 1.82) is 0 Å². The smallest absolute Gasteiger partial charge is 0.166 e. The van der Waals surface area contributed by atoms with Crippen LogP contribution in [0.4, 0.5) is 4.39 Å². The number of hydrogen-bond donors (Lipinski definition) is 1. The molecule has 0 aliphatic heterocycles. The van der Waals surface area contributed by atoms with Gasteiger partial charge in [-0.25, -0.2) is 14.4 Å². The van der Waals surface area contributed by atoms with Gasteiger partial charge in [-0.15, -0.1) is 0 Å². The molecule has 0 saturated heterocycles. The zero-order chi connectivity index (χ0) is 12.1. The standard InChI is InChI=1S/C12H12FN3O/c13-10-6-9(7-14)2-3-11(10)17-8-12-15-4-1-5-16-12/h1-6H,7-8,14H2. The largest absolute Gasteiger partial charge is 0.483 e. The van der Waals surface area contributed by atoms with Gasteiger partial charge in [-0.1, -0.05) is 6.07 Å². The molecule has 17 heavy (non-hydrogen) atoms. The molecule has 1 aromatic heterocycles. The van der Waals surface area contributed by atoms with Gasteiger partial charge >= 0.3 is 0 Å². The number of benzene rings is 1. The number of ether oxygens (including phenoxy) is 1. The quantitative estimate of drug-likeness (QED) is 0.872. The van der Waals surface area contributed by atoms with Crippen LogP contribution in [-0.2, 0) is 13.2 Å². The molecule has 0 atom stereocenters.